The number of sulfonamides is 1. The maximum absolute atomic E-state index is 12.1. The number of carbonyl (C=O) groups excluding carboxylic acids is 2. The first-order valence-corrected chi connectivity index (χ1v) is 18.9. The van der Waals surface area contributed by atoms with Crippen LogP contribution in [0.3, 0.4) is 0 Å². The highest BCUT2D eigenvalue weighted by molar-refractivity contribution is 7.88. The van der Waals surface area contributed by atoms with Crippen LogP contribution in [0.1, 0.15) is 52.6 Å². The molecule has 1 aromatic heterocycles. The summed E-state index contributed by atoms with van der Waals surface area (Å²) in [5.41, 5.74) is 9.53. The van der Waals surface area contributed by atoms with Crippen molar-refractivity contribution in [2.75, 3.05) is 66.7 Å². The van der Waals surface area contributed by atoms with Crippen LogP contribution in [-0.2, 0) is 27.0 Å². The van der Waals surface area contributed by atoms with Crippen molar-refractivity contribution in [2.45, 2.75) is 32.9 Å². The number of hydrogen-bond acceptors (Lipinski definition) is 10. The van der Waals surface area contributed by atoms with Crippen LogP contribution in [0.4, 0.5) is 5.69 Å². The summed E-state index contributed by atoms with van der Waals surface area (Å²) < 4.78 is 35.4. The fourth-order valence-corrected chi connectivity index (χ4v) is 5.85. The molecule has 0 saturated heterocycles. The number of benzene rings is 3. The molecule has 0 saturated carbocycles. The first kappa shape index (κ1) is 44.5. The Kier molecular flexibility index (Phi) is 18.3. The molecule has 0 atom stereocenters. The van der Waals surface area contributed by atoms with E-state index in [4.69, 9.17) is 27.2 Å². The summed E-state index contributed by atoms with van der Waals surface area (Å²) in [5, 5.41) is 13.0. The zero-order chi connectivity index (χ0) is 39.7. The number of para-hydroxylation sites is 1. The number of carbonyl (C=O) groups is 3. The number of rotatable bonds is 15. The molecule has 4 aromatic rings. The molecule has 0 aliphatic heterocycles. The number of carboxylic acids is 1. The summed E-state index contributed by atoms with van der Waals surface area (Å²) >= 11 is 5.95. The normalized spacial score (nSPS) is 11.0. The molecule has 0 bridgehead atoms. The van der Waals surface area contributed by atoms with Gasteiger partial charge in [-0.3, -0.25) is 9.59 Å². The van der Waals surface area contributed by atoms with Gasteiger partial charge in [0.2, 0.25) is 10.0 Å². The van der Waals surface area contributed by atoms with Crippen molar-refractivity contribution in [3.05, 3.63) is 88.1 Å². The van der Waals surface area contributed by atoms with Crippen LogP contribution >= 0.6 is 11.6 Å². The monoisotopic (exact) mass is 774 g/mol. The number of nitrogens with zero attached hydrogens (tertiary/aromatic N) is 2. The Labute approximate surface area is 316 Å². The molecule has 0 aliphatic rings. The van der Waals surface area contributed by atoms with Crippen LogP contribution in [0.15, 0.2) is 60.8 Å². The second-order valence-electron chi connectivity index (χ2n) is 12.0. The van der Waals surface area contributed by atoms with Gasteiger partial charge >= 0.3 is 11.9 Å². The lowest BCUT2D eigenvalue weighted by molar-refractivity contribution is -0.131. The van der Waals surface area contributed by atoms with Crippen LogP contribution in [0.2, 0.25) is 5.02 Å². The number of anilines is 1. The topological polar surface area (TPSA) is 196 Å². The van der Waals surface area contributed by atoms with Crippen molar-refractivity contribution in [1.82, 2.24) is 24.8 Å². The van der Waals surface area contributed by atoms with Gasteiger partial charge < -0.3 is 40.4 Å². The summed E-state index contributed by atoms with van der Waals surface area (Å²) in [4.78, 5) is 40.9. The number of aromatic carboxylic acids is 1. The molecule has 1 amide bonds. The van der Waals surface area contributed by atoms with E-state index in [1.807, 2.05) is 38.5 Å². The Morgan fingerprint density at radius 2 is 1.66 bits per heavy atom. The van der Waals surface area contributed by atoms with Crippen LogP contribution in [0.5, 0.6) is 11.5 Å². The number of nitrogens with one attached hydrogen (secondary N) is 3. The van der Waals surface area contributed by atoms with Gasteiger partial charge in [-0.2, -0.15) is 0 Å². The van der Waals surface area contributed by atoms with Crippen LogP contribution < -0.4 is 25.2 Å². The number of ether oxygens (including phenoxy) is 2. The maximum atomic E-state index is 12.1. The Morgan fingerprint density at radius 1 is 0.981 bits per heavy atom. The molecule has 53 heavy (non-hydrogen) atoms. The summed E-state index contributed by atoms with van der Waals surface area (Å²) in [6.07, 6.45) is 2.94. The van der Waals surface area contributed by atoms with Crippen molar-refractivity contribution < 1.29 is 37.4 Å². The largest absolute Gasteiger partial charge is 0.496 e. The molecule has 6 N–H and O–H groups in total. The number of carboxylic acid groups (broad SMARTS) is 1. The third-order valence-electron chi connectivity index (χ3n) is 7.87. The van der Waals surface area contributed by atoms with Gasteiger partial charge in [0.25, 0.3) is 5.91 Å². The van der Waals surface area contributed by atoms with Gasteiger partial charge in [-0.1, -0.05) is 43.6 Å². The number of H-pyrrole nitrogens is 1. The highest BCUT2D eigenvalue weighted by atomic mass is 35.5. The van der Waals surface area contributed by atoms with Gasteiger partial charge in [0.05, 0.1) is 29.1 Å². The molecule has 4 rings (SSSR count). The Morgan fingerprint density at radius 3 is 2.25 bits per heavy atom. The predicted octanol–water partition coefficient (Wildman–Crippen LogP) is 4.63. The molecule has 0 radical (unpaired) electrons. The van der Waals surface area contributed by atoms with Gasteiger partial charge in [-0.25, -0.2) is 17.9 Å². The minimum absolute atomic E-state index is 0.0116. The molecule has 3 aromatic carbocycles. The van der Waals surface area contributed by atoms with Gasteiger partial charge in [0.15, 0.2) is 0 Å². The SMILES string of the molecule is CC(=O)Oc1ccccc1C(=O)O.CCN(CC)CCNC(=O)c1cc(Cl)c(N)cc1OC.CNS(=O)(=O)Cc1ccc2[nH]cc(CCN(C)C)c2c1. The van der Waals surface area contributed by atoms with E-state index in [0.29, 0.717) is 28.6 Å². The quantitative estimate of drug-likeness (QED) is 0.0642. The standard InChI is InChI=1S/C14H22ClN3O2.C14H21N3O2S.C9H8O4/c1-4-18(5-2)7-6-17-14(19)10-8-11(15)12(16)9-13(10)20-3;1-15-20(18,19)10-11-4-5-14-13(8-11)12(9-16-14)6-7-17(2)3;1-6(10)13-8-5-3-2-4-7(8)9(11)12/h8-9H,4-7,16H2,1-3H3,(H,17,19);4-5,8-9,15-16H,6-7,10H2,1-3H3;2-5H,1H3,(H,11,12). The average molecular weight is 775 g/mol. The Bertz CT molecular complexity index is 1930. The van der Waals surface area contributed by atoms with E-state index in [1.165, 1.54) is 44.8 Å². The van der Waals surface area contributed by atoms with Crippen molar-refractivity contribution in [1.29, 1.82) is 0 Å². The van der Waals surface area contributed by atoms with Crippen molar-refractivity contribution in [3.8, 4) is 11.5 Å². The number of fused-ring (bicyclic) bond motifs is 1. The number of amides is 1. The van der Waals surface area contributed by atoms with Gasteiger partial charge in [0.1, 0.15) is 17.1 Å². The minimum atomic E-state index is -3.23. The number of aromatic nitrogens is 1. The highest BCUT2D eigenvalue weighted by Gasteiger charge is 2.15. The second kappa shape index (κ2) is 21.8. The fraction of sp³-hybridized carbons (Fsp3) is 0.378. The van der Waals surface area contributed by atoms with E-state index in [2.05, 4.69) is 43.4 Å². The zero-order valence-corrected chi connectivity index (χ0v) is 32.9. The van der Waals surface area contributed by atoms with Gasteiger partial charge in [-0.05, 0) is 82.1 Å². The van der Waals surface area contributed by atoms with E-state index in [-0.39, 0.29) is 23.0 Å². The van der Waals surface area contributed by atoms with Crippen molar-refractivity contribution in [3.63, 3.8) is 0 Å². The minimum Gasteiger partial charge on any atom is -0.496 e. The number of aromatic amines is 1. The molecule has 16 heteroatoms. The molecule has 1 heterocycles. The zero-order valence-electron chi connectivity index (χ0n) is 31.3. The summed E-state index contributed by atoms with van der Waals surface area (Å²) in [6.45, 7) is 9.68. The van der Waals surface area contributed by atoms with E-state index in [0.717, 1.165) is 49.1 Å². The molecule has 0 spiro atoms. The van der Waals surface area contributed by atoms with Crippen molar-refractivity contribution >= 4 is 56.1 Å². The van der Waals surface area contributed by atoms with E-state index >= 15 is 0 Å². The second-order valence-corrected chi connectivity index (χ2v) is 14.3. The van der Waals surface area contributed by atoms with E-state index in [1.54, 1.807) is 18.2 Å². The molecule has 0 aliphatic carbocycles. The number of hydrogen-bond donors (Lipinski definition) is 5. The van der Waals surface area contributed by atoms with Crippen LogP contribution in [0.25, 0.3) is 10.9 Å². The average Bonchev–Trinajstić information content (AvgIpc) is 3.52. The first-order valence-electron chi connectivity index (χ1n) is 16.8. The number of nitrogens with two attached hydrogens (primary N) is 1. The highest BCUT2D eigenvalue weighted by Crippen LogP contribution is 2.28. The number of halogens is 1. The molecule has 14 nitrogen and oxygen atoms in total. The number of likely N-dealkylation sites (N-methyl/N-ethyl adjacent to an activating group) is 2. The molecular weight excluding hydrogens is 724 g/mol. The Balaban J connectivity index is 0.000000282. The van der Waals surface area contributed by atoms with Gasteiger partial charge in [0, 0.05) is 49.7 Å². The third-order valence-corrected chi connectivity index (χ3v) is 9.53. The Hall–Kier alpha value is -4.67. The smallest absolute Gasteiger partial charge is 0.339 e. The molecular formula is C37H51ClN6O8S. The lowest BCUT2D eigenvalue weighted by Crippen LogP contribution is -2.34. The van der Waals surface area contributed by atoms with E-state index in [9.17, 15) is 22.8 Å². The lowest BCUT2D eigenvalue weighted by atomic mass is 10.1. The van der Waals surface area contributed by atoms with Crippen molar-refractivity contribution in [2.24, 2.45) is 0 Å². The van der Waals surface area contributed by atoms with Crippen LogP contribution in [-0.4, -0.2) is 107 Å². The lowest BCUT2D eigenvalue weighted by Gasteiger charge is -2.18. The van der Waals surface area contributed by atoms with Gasteiger partial charge in [-0.15, -0.1) is 0 Å². The number of nitrogen functional groups attached to an aromatic ring is 1. The fourth-order valence-electron chi connectivity index (χ4n) is 4.92. The number of esters is 1. The molecule has 0 fully saturated rings. The van der Waals surface area contributed by atoms with Crippen LogP contribution in [0, 0.1) is 0 Å². The predicted molar refractivity (Wildman–Crippen MR) is 209 cm³/mol. The summed E-state index contributed by atoms with van der Waals surface area (Å²) in [6, 6.07) is 14.8. The third kappa shape index (κ3) is 14.7. The molecule has 0 unspecified atom stereocenters. The first-order chi connectivity index (χ1) is 25.0. The summed E-state index contributed by atoms with van der Waals surface area (Å²) in [5.74, 6) is -1.35. The summed E-state index contributed by atoms with van der Waals surface area (Å²) in [7, 11) is 3.78. The number of methoxy groups -OCH3 is 1. The maximum Gasteiger partial charge on any atom is 0.339 e. The van der Waals surface area contributed by atoms with E-state index < -0.39 is 22.0 Å². The molecule has 290 valence electrons.